The van der Waals surface area contributed by atoms with E-state index in [1.165, 1.54) is 25.4 Å². The number of aromatic nitrogens is 5. The van der Waals surface area contributed by atoms with Crippen molar-refractivity contribution < 1.29 is 27.4 Å². The molecule has 4 heterocycles. The third-order valence-electron chi connectivity index (χ3n) is 7.43. The van der Waals surface area contributed by atoms with Crippen LogP contribution in [0.25, 0.3) is 22.9 Å². The van der Waals surface area contributed by atoms with E-state index >= 15 is 0 Å². The van der Waals surface area contributed by atoms with Crippen LogP contribution in [0, 0.1) is 6.92 Å². The number of aliphatic hydroxyl groups is 1. The van der Waals surface area contributed by atoms with E-state index in [0.717, 1.165) is 0 Å². The lowest BCUT2D eigenvalue weighted by molar-refractivity contribution is 0.171. The van der Waals surface area contributed by atoms with Crippen molar-refractivity contribution in [2.45, 2.75) is 50.9 Å². The highest BCUT2D eigenvalue weighted by atomic mass is 32.2. The predicted octanol–water partition coefficient (Wildman–Crippen LogP) is 5.10. The second-order valence-corrected chi connectivity index (χ2v) is 19.6. The Bertz CT molecular complexity index is 1820. The standard InChI is InChI=1S/C30H38N6O6SSi/c1-20-14-15-25(42-20)29-32-33-30(36(29)27-23(40-3)11-10-12-24(27)41-4)35(17-18-44(5,6)7)43(38,39)21(2)28(37)22-19-34-16-9-8-13-26(34)31-22/h8-16,19,21,28,37H,17-18H2,1-7H3/t21-,28+/m1/s1. The number of rotatable bonds is 12. The summed E-state index contributed by atoms with van der Waals surface area (Å²) in [4.78, 5) is 4.48. The number of aliphatic hydroxyl groups excluding tert-OH is 1. The lowest BCUT2D eigenvalue weighted by Gasteiger charge is -2.30. The molecule has 4 aromatic heterocycles. The Hall–Kier alpha value is -4.14. The minimum atomic E-state index is -4.27. The maximum absolute atomic E-state index is 14.6. The molecule has 0 amide bonds. The number of pyridine rings is 1. The Morgan fingerprint density at radius 2 is 1.73 bits per heavy atom. The van der Waals surface area contributed by atoms with Gasteiger partial charge in [0.15, 0.2) is 5.76 Å². The second kappa shape index (κ2) is 12.1. The molecule has 14 heteroatoms. The Morgan fingerprint density at radius 1 is 1.02 bits per heavy atom. The zero-order valence-electron chi connectivity index (χ0n) is 25.9. The van der Waals surface area contributed by atoms with Crippen LogP contribution in [0.5, 0.6) is 11.5 Å². The van der Waals surface area contributed by atoms with Crippen molar-refractivity contribution in [3.05, 3.63) is 72.4 Å². The topological polar surface area (TPSA) is 137 Å². The minimum absolute atomic E-state index is 0.0177. The highest BCUT2D eigenvalue weighted by molar-refractivity contribution is 7.93. The van der Waals surface area contributed by atoms with Gasteiger partial charge in [-0.2, -0.15) is 0 Å². The van der Waals surface area contributed by atoms with Gasteiger partial charge in [-0.1, -0.05) is 31.8 Å². The number of fused-ring (bicyclic) bond motifs is 1. The lowest BCUT2D eigenvalue weighted by atomic mass is 10.2. The summed E-state index contributed by atoms with van der Waals surface area (Å²) in [7, 11) is -3.01. The summed E-state index contributed by atoms with van der Waals surface area (Å²) < 4.78 is 51.1. The van der Waals surface area contributed by atoms with Gasteiger partial charge in [-0.3, -0.25) is 4.57 Å². The van der Waals surface area contributed by atoms with Gasteiger partial charge in [0.25, 0.3) is 0 Å². The van der Waals surface area contributed by atoms with E-state index in [1.54, 1.807) is 57.8 Å². The molecule has 0 spiro atoms. The number of furan rings is 1. The molecule has 1 aromatic carbocycles. The summed E-state index contributed by atoms with van der Waals surface area (Å²) in [6, 6.07) is 14.9. The number of benzene rings is 1. The number of hydrogen-bond donors (Lipinski definition) is 1. The summed E-state index contributed by atoms with van der Waals surface area (Å²) in [6.07, 6.45) is 2.01. The van der Waals surface area contributed by atoms with E-state index in [2.05, 4.69) is 34.8 Å². The molecule has 44 heavy (non-hydrogen) atoms. The fraction of sp³-hybridized carbons (Fsp3) is 0.367. The number of hydrogen-bond acceptors (Lipinski definition) is 9. The maximum Gasteiger partial charge on any atom is 0.246 e. The van der Waals surface area contributed by atoms with Crippen LogP contribution in [-0.4, -0.2) is 71.8 Å². The van der Waals surface area contributed by atoms with E-state index in [0.29, 0.717) is 40.4 Å². The van der Waals surface area contributed by atoms with Crippen molar-refractivity contribution in [1.29, 1.82) is 0 Å². The minimum Gasteiger partial charge on any atom is -0.494 e. The summed E-state index contributed by atoms with van der Waals surface area (Å²) >= 11 is 0. The van der Waals surface area contributed by atoms with Gasteiger partial charge in [0.05, 0.1) is 19.9 Å². The maximum atomic E-state index is 14.6. The average Bonchev–Trinajstić information content (AvgIpc) is 3.73. The largest absolute Gasteiger partial charge is 0.494 e. The summed E-state index contributed by atoms with van der Waals surface area (Å²) in [5.41, 5.74) is 1.25. The molecule has 0 unspecified atom stereocenters. The molecule has 0 bridgehead atoms. The predicted molar refractivity (Wildman–Crippen MR) is 171 cm³/mol. The van der Waals surface area contributed by atoms with Crippen LogP contribution >= 0.6 is 0 Å². The molecule has 1 N–H and O–H groups in total. The smallest absolute Gasteiger partial charge is 0.246 e. The first-order valence-corrected chi connectivity index (χ1v) is 19.4. The zero-order valence-corrected chi connectivity index (χ0v) is 27.7. The first-order valence-electron chi connectivity index (χ1n) is 14.2. The Morgan fingerprint density at radius 3 is 2.32 bits per heavy atom. The molecule has 0 radical (unpaired) electrons. The quantitative estimate of drug-likeness (QED) is 0.185. The van der Waals surface area contributed by atoms with Crippen LogP contribution in [0.1, 0.15) is 24.5 Å². The Labute approximate surface area is 257 Å². The van der Waals surface area contributed by atoms with Crippen LogP contribution < -0.4 is 13.8 Å². The number of ether oxygens (including phenoxy) is 2. The van der Waals surface area contributed by atoms with Crippen molar-refractivity contribution in [3.8, 4) is 28.8 Å². The van der Waals surface area contributed by atoms with Crippen LogP contribution in [-0.2, 0) is 10.0 Å². The number of aryl methyl sites for hydroxylation is 1. The van der Waals surface area contributed by atoms with Crippen molar-refractivity contribution in [3.63, 3.8) is 0 Å². The monoisotopic (exact) mass is 638 g/mol. The number of methoxy groups -OCH3 is 2. The molecular formula is C30H38N6O6SSi. The Balaban J connectivity index is 1.70. The highest BCUT2D eigenvalue weighted by Crippen LogP contribution is 2.40. The molecule has 0 saturated carbocycles. The third-order valence-corrected chi connectivity index (χ3v) is 11.3. The summed E-state index contributed by atoms with van der Waals surface area (Å²) in [5.74, 6) is 2.14. The molecule has 0 aliphatic carbocycles. The molecule has 234 valence electrons. The van der Waals surface area contributed by atoms with Crippen LogP contribution in [0.15, 0.2) is 65.3 Å². The fourth-order valence-electron chi connectivity index (χ4n) is 4.89. The average molecular weight is 639 g/mol. The van der Waals surface area contributed by atoms with E-state index in [1.807, 2.05) is 19.1 Å². The fourth-order valence-corrected chi connectivity index (χ4v) is 7.50. The van der Waals surface area contributed by atoms with Gasteiger partial charge in [-0.05, 0) is 56.3 Å². The van der Waals surface area contributed by atoms with Crippen molar-refractivity contribution in [2.75, 3.05) is 25.1 Å². The zero-order chi connectivity index (χ0) is 31.8. The van der Waals surface area contributed by atoms with E-state index in [-0.39, 0.29) is 24.0 Å². The number of para-hydroxylation sites is 1. The van der Waals surface area contributed by atoms with Gasteiger partial charge >= 0.3 is 0 Å². The number of anilines is 1. The van der Waals surface area contributed by atoms with Gasteiger partial charge in [0, 0.05) is 27.0 Å². The normalized spacial score (nSPS) is 13.6. The van der Waals surface area contributed by atoms with Crippen molar-refractivity contribution >= 4 is 29.7 Å². The molecule has 2 atom stereocenters. The SMILES string of the molecule is COc1cccc(OC)c1-n1c(-c2ccc(C)o2)nnc1N(CC[Si](C)(C)C)S(=O)(=O)[C@H](C)[C@H](O)c1cn2ccccc2n1. The molecule has 0 saturated heterocycles. The first-order chi connectivity index (χ1) is 20.9. The second-order valence-electron chi connectivity index (χ2n) is 11.8. The van der Waals surface area contributed by atoms with Crippen LogP contribution in [0.2, 0.25) is 25.7 Å². The summed E-state index contributed by atoms with van der Waals surface area (Å²) in [5, 5.41) is 19.0. The molecular weight excluding hydrogens is 601 g/mol. The van der Waals surface area contributed by atoms with Gasteiger partial charge in [-0.15, -0.1) is 10.2 Å². The van der Waals surface area contributed by atoms with Gasteiger partial charge in [0.1, 0.15) is 39.9 Å². The highest BCUT2D eigenvalue weighted by Gasteiger charge is 2.40. The van der Waals surface area contributed by atoms with Crippen LogP contribution in [0.3, 0.4) is 0 Å². The van der Waals surface area contributed by atoms with Crippen LogP contribution in [0.4, 0.5) is 5.95 Å². The molecule has 5 aromatic rings. The molecule has 5 rings (SSSR count). The number of imidazole rings is 1. The lowest BCUT2D eigenvalue weighted by Crippen LogP contribution is -2.44. The number of sulfonamides is 1. The third kappa shape index (κ3) is 5.96. The summed E-state index contributed by atoms with van der Waals surface area (Å²) in [6.45, 7) is 9.90. The van der Waals surface area contributed by atoms with Gasteiger partial charge < -0.3 is 23.4 Å². The molecule has 0 fully saturated rings. The Kier molecular flexibility index (Phi) is 8.60. The van der Waals surface area contributed by atoms with Crippen molar-refractivity contribution in [2.24, 2.45) is 0 Å². The van der Waals surface area contributed by atoms with E-state index in [9.17, 15) is 13.5 Å². The van der Waals surface area contributed by atoms with E-state index < -0.39 is 29.5 Å². The molecule has 12 nitrogen and oxygen atoms in total. The van der Waals surface area contributed by atoms with Crippen molar-refractivity contribution in [1.82, 2.24) is 24.1 Å². The van der Waals surface area contributed by atoms with Gasteiger partial charge in [0.2, 0.25) is 21.8 Å². The number of nitrogens with zero attached hydrogens (tertiary/aromatic N) is 6. The first kappa shape index (κ1) is 31.3. The molecule has 0 aliphatic heterocycles. The molecule has 0 aliphatic rings. The van der Waals surface area contributed by atoms with E-state index in [4.69, 9.17) is 13.9 Å². The van der Waals surface area contributed by atoms with Gasteiger partial charge in [-0.25, -0.2) is 17.7 Å².